The van der Waals surface area contributed by atoms with E-state index in [0.29, 0.717) is 24.0 Å². The molecule has 0 bridgehead atoms. The molecule has 1 unspecified atom stereocenters. The van der Waals surface area contributed by atoms with Crippen LogP contribution in [0.25, 0.3) is 0 Å². The molecule has 1 aliphatic carbocycles. The van der Waals surface area contributed by atoms with Crippen LogP contribution in [0.1, 0.15) is 39.2 Å². The summed E-state index contributed by atoms with van der Waals surface area (Å²) in [6.45, 7) is 9.84. The van der Waals surface area contributed by atoms with Crippen LogP contribution in [0.4, 0.5) is 0 Å². The van der Waals surface area contributed by atoms with E-state index in [9.17, 15) is 19.8 Å². The second-order valence-corrected chi connectivity index (χ2v) is 10.1. The predicted molar refractivity (Wildman–Crippen MR) is 129 cm³/mol. The van der Waals surface area contributed by atoms with Gasteiger partial charge in [0.15, 0.2) is 0 Å². The Morgan fingerprint density at radius 3 is 2.56 bits per heavy atom. The molecule has 2 heterocycles. The van der Waals surface area contributed by atoms with E-state index in [4.69, 9.17) is 4.74 Å². The highest BCUT2D eigenvalue weighted by atomic mass is 16.6. The third-order valence-electron chi connectivity index (χ3n) is 7.97. The number of benzene rings is 1. The van der Waals surface area contributed by atoms with Gasteiger partial charge in [-0.15, -0.1) is 0 Å². The summed E-state index contributed by atoms with van der Waals surface area (Å²) in [6, 6.07) is 9.62. The summed E-state index contributed by atoms with van der Waals surface area (Å²) >= 11 is 0. The lowest BCUT2D eigenvalue weighted by Crippen LogP contribution is -2.61. The van der Waals surface area contributed by atoms with Gasteiger partial charge >= 0.3 is 5.97 Å². The zero-order valence-corrected chi connectivity index (χ0v) is 20.1. The molecular weight excluding hydrogens is 430 g/mol. The first kappa shape index (κ1) is 24.4. The predicted octanol–water partition coefficient (Wildman–Crippen LogP) is 3.10. The van der Waals surface area contributed by atoms with E-state index in [1.807, 2.05) is 50.3 Å². The first-order valence-corrected chi connectivity index (χ1v) is 12.1. The standard InChI is InChI=1S/C28H35NO5/c1-16-9-8-12-21-26(32)19(4)18(3)24-22(15-20-10-6-5-7-11-20)29-27(33)28(21,24)34-23(30)14-13-17(2)25(16)31/h5-8,10-13,16,18,21-22,24-26,31-32H,4,9,14-15H2,1-3H3,(H,29,33)/t16-,18+,21-,22-,24-,25?,26+,28+/m0/s1. The van der Waals surface area contributed by atoms with Gasteiger partial charge in [0, 0.05) is 12.0 Å². The van der Waals surface area contributed by atoms with Crippen molar-refractivity contribution in [1.82, 2.24) is 5.32 Å². The van der Waals surface area contributed by atoms with Gasteiger partial charge in [-0.25, -0.2) is 0 Å². The zero-order chi connectivity index (χ0) is 24.6. The van der Waals surface area contributed by atoms with E-state index in [1.54, 1.807) is 19.1 Å². The Kier molecular flexibility index (Phi) is 6.83. The summed E-state index contributed by atoms with van der Waals surface area (Å²) in [6.07, 6.45) is 4.71. The lowest BCUT2D eigenvalue weighted by molar-refractivity contribution is -0.185. The Hall–Kier alpha value is -2.70. The minimum absolute atomic E-state index is 0.0530. The Morgan fingerprint density at radius 2 is 1.85 bits per heavy atom. The minimum Gasteiger partial charge on any atom is -0.448 e. The molecular formula is C28H35NO5. The van der Waals surface area contributed by atoms with Crippen molar-refractivity contribution in [3.8, 4) is 0 Å². The van der Waals surface area contributed by atoms with Crippen LogP contribution in [0.3, 0.4) is 0 Å². The van der Waals surface area contributed by atoms with Crippen molar-refractivity contribution < 1.29 is 24.5 Å². The molecule has 1 aromatic rings. The van der Waals surface area contributed by atoms with E-state index in [0.717, 1.165) is 5.56 Å². The number of esters is 1. The number of carbonyl (C=O) groups excluding carboxylic acids is 2. The third kappa shape index (κ3) is 4.14. The summed E-state index contributed by atoms with van der Waals surface area (Å²) in [7, 11) is 0. The molecule has 1 saturated carbocycles. The maximum atomic E-state index is 13.7. The molecule has 6 heteroatoms. The second kappa shape index (κ2) is 9.51. The Labute approximate surface area is 201 Å². The normalized spacial score (nSPS) is 38.6. The number of aliphatic hydroxyl groups is 2. The van der Waals surface area contributed by atoms with Crippen LogP contribution in [0.2, 0.25) is 0 Å². The molecule has 1 saturated heterocycles. The molecule has 1 spiro atoms. The number of ether oxygens (including phenoxy) is 1. The number of rotatable bonds is 2. The fourth-order valence-electron chi connectivity index (χ4n) is 5.97. The van der Waals surface area contributed by atoms with Crippen LogP contribution in [-0.4, -0.2) is 45.9 Å². The maximum Gasteiger partial charge on any atom is 0.310 e. The highest BCUT2D eigenvalue weighted by molar-refractivity contribution is 5.92. The quantitative estimate of drug-likeness (QED) is 0.461. The van der Waals surface area contributed by atoms with E-state index in [2.05, 4.69) is 11.9 Å². The van der Waals surface area contributed by atoms with Crippen molar-refractivity contribution >= 4 is 11.9 Å². The van der Waals surface area contributed by atoms with Crippen LogP contribution in [-0.2, 0) is 20.7 Å². The lowest BCUT2D eigenvalue weighted by atomic mass is 9.59. The van der Waals surface area contributed by atoms with Crippen LogP contribution >= 0.6 is 0 Å². The molecule has 3 N–H and O–H groups in total. The van der Waals surface area contributed by atoms with Crippen LogP contribution in [0, 0.1) is 23.7 Å². The molecule has 1 aromatic carbocycles. The zero-order valence-electron chi connectivity index (χ0n) is 20.1. The maximum absolute atomic E-state index is 13.7. The van der Waals surface area contributed by atoms with Crippen LogP contribution in [0.5, 0.6) is 0 Å². The van der Waals surface area contributed by atoms with Gasteiger partial charge in [0.2, 0.25) is 5.60 Å². The first-order chi connectivity index (χ1) is 16.2. The number of nitrogens with one attached hydrogen (secondary N) is 1. The number of amides is 1. The largest absolute Gasteiger partial charge is 0.448 e. The third-order valence-corrected chi connectivity index (χ3v) is 7.97. The van der Waals surface area contributed by atoms with E-state index >= 15 is 0 Å². The average molecular weight is 466 g/mol. The molecule has 0 aromatic heterocycles. The molecule has 6 nitrogen and oxygen atoms in total. The number of aliphatic hydroxyl groups excluding tert-OH is 2. The Bertz CT molecular complexity index is 1010. The van der Waals surface area contributed by atoms with Crippen molar-refractivity contribution in [1.29, 1.82) is 0 Å². The number of carbonyl (C=O) groups is 2. The molecule has 34 heavy (non-hydrogen) atoms. The highest BCUT2D eigenvalue weighted by Gasteiger charge is 2.67. The smallest absolute Gasteiger partial charge is 0.310 e. The Balaban J connectivity index is 1.79. The number of hydrogen-bond donors (Lipinski definition) is 3. The van der Waals surface area contributed by atoms with E-state index in [1.165, 1.54) is 0 Å². The molecule has 2 fully saturated rings. The summed E-state index contributed by atoms with van der Waals surface area (Å²) in [5, 5.41) is 24.9. The van der Waals surface area contributed by atoms with Gasteiger partial charge in [0.25, 0.3) is 5.91 Å². The molecule has 3 aliphatic rings. The Morgan fingerprint density at radius 1 is 1.15 bits per heavy atom. The minimum atomic E-state index is -1.53. The van der Waals surface area contributed by atoms with Crippen molar-refractivity contribution in [2.24, 2.45) is 23.7 Å². The van der Waals surface area contributed by atoms with Gasteiger partial charge in [-0.2, -0.15) is 0 Å². The van der Waals surface area contributed by atoms with Gasteiger partial charge in [0.05, 0.1) is 24.5 Å². The topological polar surface area (TPSA) is 95.9 Å². The molecule has 1 amide bonds. The number of allylic oxidation sites excluding steroid dienone is 1. The van der Waals surface area contributed by atoms with Crippen molar-refractivity contribution in [3.63, 3.8) is 0 Å². The van der Waals surface area contributed by atoms with Crippen molar-refractivity contribution in [2.75, 3.05) is 0 Å². The molecule has 182 valence electrons. The molecule has 0 radical (unpaired) electrons. The summed E-state index contributed by atoms with van der Waals surface area (Å²) in [5.41, 5.74) is 0.876. The first-order valence-electron chi connectivity index (χ1n) is 12.1. The average Bonchev–Trinajstić information content (AvgIpc) is 3.08. The monoisotopic (exact) mass is 465 g/mol. The summed E-state index contributed by atoms with van der Waals surface area (Å²) in [5.74, 6) is -2.39. The summed E-state index contributed by atoms with van der Waals surface area (Å²) < 4.78 is 6.09. The summed E-state index contributed by atoms with van der Waals surface area (Å²) in [4.78, 5) is 26.8. The SMILES string of the molecule is C=C1[C@@H](C)[C@H]2[C@H](Cc3ccccc3)NC(=O)[C@]23OC(=O)CC=C(C)C(O)[C@@H](C)CC=C[C@H]3[C@@H]1O. The van der Waals surface area contributed by atoms with Gasteiger partial charge in [0.1, 0.15) is 0 Å². The van der Waals surface area contributed by atoms with Gasteiger partial charge in [-0.05, 0) is 48.3 Å². The van der Waals surface area contributed by atoms with Crippen LogP contribution < -0.4 is 5.32 Å². The molecule has 4 rings (SSSR count). The molecule has 8 atom stereocenters. The van der Waals surface area contributed by atoms with Gasteiger partial charge < -0.3 is 20.3 Å². The fraction of sp³-hybridized carbons (Fsp3) is 0.500. The van der Waals surface area contributed by atoms with Crippen molar-refractivity contribution in [3.05, 3.63) is 71.8 Å². The highest BCUT2D eigenvalue weighted by Crippen LogP contribution is 2.52. The fourth-order valence-corrected chi connectivity index (χ4v) is 5.97. The van der Waals surface area contributed by atoms with Gasteiger partial charge in [-0.3, -0.25) is 9.59 Å². The number of hydrogen-bond acceptors (Lipinski definition) is 5. The van der Waals surface area contributed by atoms with E-state index < -0.39 is 29.7 Å². The van der Waals surface area contributed by atoms with E-state index in [-0.39, 0.29) is 36.1 Å². The molecule has 2 aliphatic heterocycles. The van der Waals surface area contributed by atoms with Crippen molar-refractivity contribution in [2.45, 2.75) is 63.9 Å². The second-order valence-electron chi connectivity index (χ2n) is 10.1. The van der Waals surface area contributed by atoms with Crippen LogP contribution in [0.15, 0.2) is 66.3 Å². The van der Waals surface area contributed by atoms with Gasteiger partial charge in [-0.1, -0.05) is 69.0 Å². The lowest BCUT2D eigenvalue weighted by Gasteiger charge is -2.49.